The fourth-order valence-electron chi connectivity index (χ4n) is 4.31. The number of carboxylic acids is 1. The minimum Gasteiger partial charge on any atom is -0.480 e. The van der Waals surface area contributed by atoms with Gasteiger partial charge in [0.15, 0.2) is 0 Å². The van der Waals surface area contributed by atoms with Crippen molar-refractivity contribution in [1.82, 2.24) is 31.9 Å². The monoisotopic (exact) mass is 618 g/mol. The maximum Gasteiger partial charge on any atom is 0.326 e. The summed E-state index contributed by atoms with van der Waals surface area (Å²) in [6, 6.07) is 4.68. The Hall–Kier alpha value is -4.00. The highest BCUT2D eigenvalue weighted by Crippen LogP contribution is 2.07. The number of nitrogens with one attached hydrogen (secondary N) is 6. The van der Waals surface area contributed by atoms with E-state index in [1.807, 2.05) is 33.0 Å². The Morgan fingerprint density at radius 3 is 2.02 bits per heavy atom. The lowest BCUT2D eigenvalue weighted by Gasteiger charge is -2.19. The van der Waals surface area contributed by atoms with Gasteiger partial charge in [-0.05, 0) is 63.3 Å². The van der Waals surface area contributed by atoms with E-state index in [0.717, 1.165) is 24.8 Å². The van der Waals surface area contributed by atoms with Gasteiger partial charge in [0.25, 0.3) is 5.91 Å². The molecule has 2 unspecified atom stereocenters. The van der Waals surface area contributed by atoms with Crippen molar-refractivity contribution in [2.24, 2.45) is 0 Å². The molecule has 2 atom stereocenters. The predicted octanol–water partition coefficient (Wildman–Crippen LogP) is 2.00. The van der Waals surface area contributed by atoms with Crippen LogP contribution < -0.4 is 31.9 Å². The van der Waals surface area contributed by atoms with Crippen molar-refractivity contribution in [3.05, 3.63) is 35.4 Å². The van der Waals surface area contributed by atoms with Gasteiger partial charge in [-0.3, -0.25) is 19.2 Å². The molecular weight excluding hydrogens is 568 g/mol. The van der Waals surface area contributed by atoms with E-state index >= 15 is 0 Å². The molecule has 246 valence electrons. The van der Waals surface area contributed by atoms with E-state index in [9.17, 15) is 33.9 Å². The smallest absolute Gasteiger partial charge is 0.326 e. The molecule has 0 aromatic heterocycles. The summed E-state index contributed by atoms with van der Waals surface area (Å²) in [6.45, 7) is 4.79. The summed E-state index contributed by atoms with van der Waals surface area (Å²) in [5.74, 6) is -2.57. The Morgan fingerprint density at radius 2 is 1.43 bits per heavy atom. The molecule has 5 amide bonds. The van der Waals surface area contributed by atoms with Gasteiger partial charge in [-0.1, -0.05) is 38.8 Å². The Kier molecular flexibility index (Phi) is 19.5. The second-order valence-corrected chi connectivity index (χ2v) is 10.6. The van der Waals surface area contributed by atoms with E-state index in [1.54, 1.807) is 12.1 Å². The Bertz CT molecular complexity index is 1060. The van der Waals surface area contributed by atoms with Gasteiger partial charge in [-0.2, -0.15) is 0 Å². The molecule has 44 heavy (non-hydrogen) atoms. The van der Waals surface area contributed by atoms with Crippen molar-refractivity contribution in [2.75, 3.05) is 26.7 Å². The zero-order valence-electron chi connectivity index (χ0n) is 26.3. The lowest BCUT2D eigenvalue weighted by atomic mass is 10.1. The van der Waals surface area contributed by atoms with Crippen LogP contribution in [0, 0.1) is 0 Å². The summed E-state index contributed by atoms with van der Waals surface area (Å²) in [5, 5.41) is 25.6. The third-order valence-corrected chi connectivity index (χ3v) is 6.87. The van der Waals surface area contributed by atoms with Crippen molar-refractivity contribution in [3.63, 3.8) is 0 Å². The number of Topliss-reactive ketones (excluding diaryl/α,β-unsaturated/α-hetero) is 1. The lowest BCUT2D eigenvalue weighted by Crippen LogP contribution is -2.50. The summed E-state index contributed by atoms with van der Waals surface area (Å²) in [5.41, 5.74) is 1.42. The van der Waals surface area contributed by atoms with E-state index in [1.165, 1.54) is 0 Å². The topological polar surface area (TPSA) is 195 Å². The van der Waals surface area contributed by atoms with Crippen LogP contribution in [0.1, 0.15) is 94.0 Å². The number of carboxylic acid groups (broad SMARTS) is 1. The van der Waals surface area contributed by atoms with Crippen molar-refractivity contribution >= 4 is 35.5 Å². The predicted molar refractivity (Wildman–Crippen MR) is 167 cm³/mol. The third kappa shape index (κ3) is 16.6. The quantitative estimate of drug-likeness (QED) is 0.0905. The van der Waals surface area contributed by atoms with Crippen molar-refractivity contribution in [2.45, 2.75) is 96.7 Å². The Balaban J connectivity index is 2.36. The van der Waals surface area contributed by atoms with Crippen LogP contribution >= 0.6 is 0 Å². The Labute approximate surface area is 260 Å². The zero-order valence-corrected chi connectivity index (χ0v) is 26.3. The molecule has 0 spiro atoms. The number of unbranched alkanes of at least 4 members (excludes halogenated alkanes) is 3. The molecule has 0 radical (unpaired) electrons. The standard InChI is InChI=1S/C31H50N6O7/c1-4-11-25(37-28(40)23-16-14-22(15-17-23)20-32-3)29(41)35-21-27(39)36-26(30(42)43)13-8-10-19-34-31(44)33-18-9-6-7-12-24(38)5-2/h14-17,25-26,32H,4-13,18-21H2,1-3H3,(H,35,41)(H,36,39)(H,37,40)(H,42,43)(H2,33,34,44). The highest BCUT2D eigenvalue weighted by molar-refractivity contribution is 5.98. The molecule has 0 aliphatic rings. The van der Waals surface area contributed by atoms with Gasteiger partial charge in [0.1, 0.15) is 17.9 Å². The van der Waals surface area contributed by atoms with E-state index in [2.05, 4.69) is 31.9 Å². The number of benzene rings is 1. The van der Waals surface area contributed by atoms with Crippen molar-refractivity contribution in [3.8, 4) is 0 Å². The lowest BCUT2D eigenvalue weighted by molar-refractivity contribution is -0.142. The molecule has 1 aromatic carbocycles. The average Bonchev–Trinajstić information content (AvgIpc) is 3.00. The summed E-state index contributed by atoms with van der Waals surface area (Å²) in [4.78, 5) is 72.6. The molecule has 13 nitrogen and oxygen atoms in total. The molecule has 0 saturated heterocycles. The van der Waals surface area contributed by atoms with Gasteiger partial charge in [-0.25, -0.2) is 9.59 Å². The number of hydrogen-bond acceptors (Lipinski definition) is 7. The second-order valence-electron chi connectivity index (χ2n) is 10.6. The van der Waals surface area contributed by atoms with Gasteiger partial charge < -0.3 is 37.0 Å². The van der Waals surface area contributed by atoms with Crippen LogP contribution in [0.25, 0.3) is 0 Å². The summed E-state index contributed by atoms with van der Waals surface area (Å²) in [6.07, 6.45) is 5.66. The van der Waals surface area contributed by atoms with Crippen LogP contribution in [0.5, 0.6) is 0 Å². The molecular formula is C31H50N6O7. The number of carbonyl (C=O) groups excluding carboxylic acids is 5. The first-order valence-electron chi connectivity index (χ1n) is 15.5. The summed E-state index contributed by atoms with van der Waals surface area (Å²) in [7, 11) is 1.82. The fraction of sp³-hybridized carbons (Fsp3) is 0.613. The first kappa shape index (κ1) is 38.0. The molecule has 0 saturated carbocycles. The number of urea groups is 1. The maximum atomic E-state index is 12.7. The molecule has 13 heteroatoms. The van der Waals surface area contributed by atoms with E-state index in [4.69, 9.17) is 0 Å². The Morgan fingerprint density at radius 1 is 0.773 bits per heavy atom. The largest absolute Gasteiger partial charge is 0.480 e. The highest BCUT2D eigenvalue weighted by atomic mass is 16.4. The van der Waals surface area contributed by atoms with Crippen LogP contribution in [0.4, 0.5) is 4.79 Å². The van der Waals surface area contributed by atoms with Crippen LogP contribution in [-0.2, 0) is 25.7 Å². The highest BCUT2D eigenvalue weighted by Gasteiger charge is 2.23. The van der Waals surface area contributed by atoms with Crippen LogP contribution in [0.15, 0.2) is 24.3 Å². The molecule has 0 bridgehead atoms. The summed E-state index contributed by atoms with van der Waals surface area (Å²) >= 11 is 0. The van der Waals surface area contributed by atoms with Crippen LogP contribution in [0.2, 0.25) is 0 Å². The molecule has 1 rings (SSSR count). The molecule has 0 fully saturated rings. The first-order valence-corrected chi connectivity index (χ1v) is 15.5. The average molecular weight is 619 g/mol. The minimum atomic E-state index is -1.20. The third-order valence-electron chi connectivity index (χ3n) is 6.87. The number of aliphatic carboxylic acids is 1. The maximum absolute atomic E-state index is 12.7. The van der Waals surface area contributed by atoms with Gasteiger partial charge in [-0.15, -0.1) is 0 Å². The van der Waals surface area contributed by atoms with Crippen LogP contribution in [0.3, 0.4) is 0 Å². The van der Waals surface area contributed by atoms with Gasteiger partial charge in [0.2, 0.25) is 11.8 Å². The minimum absolute atomic E-state index is 0.149. The summed E-state index contributed by atoms with van der Waals surface area (Å²) < 4.78 is 0. The number of amides is 5. The number of ketones is 1. The van der Waals surface area contributed by atoms with Crippen LogP contribution in [-0.4, -0.2) is 79.4 Å². The van der Waals surface area contributed by atoms with E-state index in [0.29, 0.717) is 63.7 Å². The van der Waals surface area contributed by atoms with Gasteiger partial charge in [0, 0.05) is 38.0 Å². The molecule has 0 aliphatic heterocycles. The second kappa shape index (κ2) is 22.5. The van der Waals surface area contributed by atoms with Crippen molar-refractivity contribution in [1.29, 1.82) is 0 Å². The molecule has 1 aromatic rings. The number of rotatable bonds is 23. The molecule has 0 aliphatic carbocycles. The number of carbonyl (C=O) groups is 6. The van der Waals surface area contributed by atoms with E-state index in [-0.39, 0.29) is 18.2 Å². The molecule has 0 heterocycles. The first-order chi connectivity index (χ1) is 21.1. The van der Waals surface area contributed by atoms with Gasteiger partial charge >= 0.3 is 12.0 Å². The SMILES string of the molecule is CCCC(NC(=O)c1ccc(CNC)cc1)C(=O)NCC(=O)NC(CCCCNC(=O)NCCCCCC(=O)CC)C(=O)O. The number of hydrogen-bond donors (Lipinski definition) is 7. The fourth-order valence-corrected chi connectivity index (χ4v) is 4.31. The van der Waals surface area contributed by atoms with E-state index < -0.39 is 42.3 Å². The van der Waals surface area contributed by atoms with Crippen molar-refractivity contribution < 1.29 is 33.9 Å². The molecule has 7 N–H and O–H groups in total. The zero-order chi connectivity index (χ0) is 32.7. The normalized spacial score (nSPS) is 12.0. The van der Waals surface area contributed by atoms with Gasteiger partial charge in [0.05, 0.1) is 6.54 Å².